The number of carbonyl (C=O) groups is 2. The Labute approximate surface area is 167 Å². The standard InChI is InChI=1S/C20H20ClN3O4/c1-3-23(4-2)20(26)15-6-5-7-16(13-15)22-19(25)11-9-14-8-10-17(21)18(12-14)24(27)28/h5-13H,3-4H2,1-2H3,(H,22,25)/b11-9+. The normalized spacial score (nSPS) is 10.7. The molecule has 0 spiro atoms. The Morgan fingerprint density at radius 2 is 1.89 bits per heavy atom. The molecule has 146 valence electrons. The molecule has 0 aliphatic rings. The van der Waals surface area contributed by atoms with Gasteiger partial charge in [0.2, 0.25) is 5.91 Å². The number of nitrogens with one attached hydrogen (secondary N) is 1. The lowest BCUT2D eigenvalue weighted by Crippen LogP contribution is -2.30. The van der Waals surface area contributed by atoms with Crippen LogP contribution in [0.5, 0.6) is 0 Å². The SMILES string of the molecule is CCN(CC)C(=O)c1cccc(NC(=O)/C=C/c2ccc(Cl)c([N+](=O)[O-])c2)c1. The van der Waals surface area contributed by atoms with Crippen LogP contribution in [0.2, 0.25) is 5.02 Å². The maximum Gasteiger partial charge on any atom is 0.288 e. The zero-order chi connectivity index (χ0) is 20.7. The van der Waals surface area contributed by atoms with Crippen LogP contribution in [0.15, 0.2) is 48.5 Å². The van der Waals surface area contributed by atoms with E-state index in [0.29, 0.717) is 29.9 Å². The molecule has 0 atom stereocenters. The number of carbonyl (C=O) groups excluding carboxylic acids is 2. The average Bonchev–Trinajstić information content (AvgIpc) is 2.68. The van der Waals surface area contributed by atoms with E-state index in [1.165, 1.54) is 24.3 Å². The largest absolute Gasteiger partial charge is 0.339 e. The molecular weight excluding hydrogens is 382 g/mol. The molecule has 2 aromatic carbocycles. The summed E-state index contributed by atoms with van der Waals surface area (Å²) >= 11 is 5.77. The third-order valence-electron chi connectivity index (χ3n) is 4.02. The van der Waals surface area contributed by atoms with Crippen LogP contribution >= 0.6 is 11.6 Å². The maximum atomic E-state index is 12.4. The molecule has 0 heterocycles. The van der Waals surface area contributed by atoms with Crippen molar-refractivity contribution in [3.05, 3.63) is 74.8 Å². The maximum absolute atomic E-state index is 12.4. The van der Waals surface area contributed by atoms with Gasteiger partial charge in [0.15, 0.2) is 0 Å². The van der Waals surface area contributed by atoms with Crippen molar-refractivity contribution in [1.82, 2.24) is 4.90 Å². The summed E-state index contributed by atoms with van der Waals surface area (Å²) in [6.45, 7) is 5.00. The van der Waals surface area contributed by atoms with Gasteiger partial charge in [0.05, 0.1) is 4.92 Å². The molecule has 0 saturated heterocycles. The molecule has 7 nitrogen and oxygen atoms in total. The smallest absolute Gasteiger partial charge is 0.288 e. The van der Waals surface area contributed by atoms with Gasteiger partial charge in [-0.1, -0.05) is 23.7 Å². The van der Waals surface area contributed by atoms with E-state index in [1.807, 2.05) is 13.8 Å². The first kappa shape index (κ1) is 21.1. The Hall–Kier alpha value is -3.19. The lowest BCUT2D eigenvalue weighted by Gasteiger charge is -2.18. The number of benzene rings is 2. The molecule has 2 aromatic rings. The molecule has 1 N–H and O–H groups in total. The van der Waals surface area contributed by atoms with E-state index in [1.54, 1.807) is 35.2 Å². The molecule has 28 heavy (non-hydrogen) atoms. The lowest BCUT2D eigenvalue weighted by atomic mass is 10.1. The topological polar surface area (TPSA) is 92.6 Å². The second-order valence-corrected chi connectivity index (χ2v) is 6.26. The monoisotopic (exact) mass is 401 g/mol. The van der Waals surface area contributed by atoms with E-state index in [9.17, 15) is 19.7 Å². The second-order valence-electron chi connectivity index (χ2n) is 5.85. The van der Waals surface area contributed by atoms with Crippen molar-refractivity contribution in [2.24, 2.45) is 0 Å². The fourth-order valence-electron chi connectivity index (χ4n) is 2.55. The minimum atomic E-state index is -0.585. The van der Waals surface area contributed by atoms with E-state index in [0.717, 1.165) is 0 Å². The van der Waals surface area contributed by atoms with Crippen LogP contribution in [0.3, 0.4) is 0 Å². The third kappa shape index (κ3) is 5.40. The first-order valence-corrected chi connectivity index (χ1v) is 9.05. The molecule has 0 aromatic heterocycles. The number of nitro groups is 1. The summed E-state index contributed by atoms with van der Waals surface area (Å²) < 4.78 is 0. The van der Waals surface area contributed by atoms with Gasteiger partial charge in [0, 0.05) is 36.5 Å². The highest BCUT2D eigenvalue weighted by molar-refractivity contribution is 6.32. The van der Waals surface area contributed by atoms with Crippen molar-refractivity contribution in [3.63, 3.8) is 0 Å². The van der Waals surface area contributed by atoms with Crippen molar-refractivity contribution in [2.45, 2.75) is 13.8 Å². The molecule has 0 radical (unpaired) electrons. The van der Waals surface area contributed by atoms with Gasteiger partial charge in [-0.15, -0.1) is 0 Å². The Kier molecular flexibility index (Phi) is 7.28. The number of nitro benzene ring substituents is 1. The minimum absolute atomic E-state index is 0.0290. The Morgan fingerprint density at radius 1 is 1.18 bits per heavy atom. The van der Waals surface area contributed by atoms with Crippen molar-refractivity contribution >= 4 is 40.9 Å². The number of amides is 2. The third-order valence-corrected chi connectivity index (χ3v) is 4.34. The molecule has 0 aliphatic carbocycles. The number of hydrogen-bond donors (Lipinski definition) is 1. The summed E-state index contributed by atoms with van der Waals surface area (Å²) in [5.41, 5.74) is 1.21. The van der Waals surface area contributed by atoms with Gasteiger partial charge in [-0.05, 0) is 49.8 Å². The zero-order valence-corrected chi connectivity index (χ0v) is 16.3. The highest BCUT2D eigenvalue weighted by Gasteiger charge is 2.13. The van der Waals surface area contributed by atoms with Crippen molar-refractivity contribution in [3.8, 4) is 0 Å². The first-order valence-electron chi connectivity index (χ1n) is 8.68. The van der Waals surface area contributed by atoms with Crippen LogP contribution in [0.1, 0.15) is 29.8 Å². The Bertz CT molecular complexity index is 923. The average molecular weight is 402 g/mol. The Morgan fingerprint density at radius 3 is 2.54 bits per heavy atom. The molecule has 0 bridgehead atoms. The van der Waals surface area contributed by atoms with Crippen LogP contribution in [-0.4, -0.2) is 34.7 Å². The van der Waals surface area contributed by atoms with Crippen LogP contribution in [-0.2, 0) is 4.79 Å². The van der Waals surface area contributed by atoms with Crippen molar-refractivity contribution in [2.75, 3.05) is 18.4 Å². The number of halogens is 1. The number of anilines is 1. The predicted octanol–water partition coefficient (Wildman–Crippen LogP) is 4.38. The first-order chi connectivity index (χ1) is 13.3. The molecule has 0 saturated carbocycles. The quantitative estimate of drug-likeness (QED) is 0.423. The van der Waals surface area contributed by atoms with Gasteiger partial charge >= 0.3 is 0 Å². The highest BCUT2D eigenvalue weighted by Crippen LogP contribution is 2.25. The number of rotatable bonds is 7. The number of nitrogens with zero attached hydrogens (tertiary/aromatic N) is 2. The van der Waals surface area contributed by atoms with Crippen LogP contribution in [0, 0.1) is 10.1 Å². The summed E-state index contributed by atoms with van der Waals surface area (Å²) in [5.74, 6) is -0.532. The predicted molar refractivity (Wildman–Crippen MR) is 109 cm³/mol. The van der Waals surface area contributed by atoms with Gasteiger partial charge < -0.3 is 10.2 Å². The van der Waals surface area contributed by atoms with Gasteiger partial charge in [-0.2, -0.15) is 0 Å². The van der Waals surface area contributed by atoms with Crippen molar-refractivity contribution < 1.29 is 14.5 Å². The summed E-state index contributed by atoms with van der Waals surface area (Å²) in [6.07, 6.45) is 2.70. The summed E-state index contributed by atoms with van der Waals surface area (Å²) in [6, 6.07) is 10.9. The van der Waals surface area contributed by atoms with Crippen LogP contribution < -0.4 is 5.32 Å². The fraction of sp³-hybridized carbons (Fsp3) is 0.200. The molecule has 2 rings (SSSR count). The van der Waals surface area contributed by atoms with Gasteiger partial charge in [-0.3, -0.25) is 19.7 Å². The summed E-state index contributed by atoms with van der Waals surface area (Å²) in [7, 11) is 0. The van der Waals surface area contributed by atoms with E-state index in [-0.39, 0.29) is 16.6 Å². The molecule has 8 heteroatoms. The Balaban J connectivity index is 2.10. The fourth-order valence-corrected chi connectivity index (χ4v) is 2.74. The van der Waals surface area contributed by atoms with E-state index in [4.69, 9.17) is 11.6 Å². The molecule has 2 amide bonds. The van der Waals surface area contributed by atoms with Gasteiger partial charge in [-0.25, -0.2) is 0 Å². The van der Waals surface area contributed by atoms with Crippen molar-refractivity contribution in [1.29, 1.82) is 0 Å². The second kappa shape index (κ2) is 9.66. The highest BCUT2D eigenvalue weighted by atomic mass is 35.5. The zero-order valence-electron chi connectivity index (χ0n) is 15.5. The van der Waals surface area contributed by atoms with Crippen LogP contribution in [0.4, 0.5) is 11.4 Å². The summed E-state index contributed by atoms with van der Waals surface area (Å²) in [4.78, 5) is 36.6. The van der Waals surface area contributed by atoms with Gasteiger partial charge in [0.1, 0.15) is 5.02 Å². The van der Waals surface area contributed by atoms with E-state index in [2.05, 4.69) is 5.32 Å². The van der Waals surface area contributed by atoms with Gasteiger partial charge in [0.25, 0.3) is 11.6 Å². The van der Waals surface area contributed by atoms with E-state index >= 15 is 0 Å². The van der Waals surface area contributed by atoms with Crippen LogP contribution in [0.25, 0.3) is 6.08 Å². The molecular formula is C20H20ClN3O4. The number of hydrogen-bond acceptors (Lipinski definition) is 4. The molecule has 0 fully saturated rings. The molecule has 0 aliphatic heterocycles. The lowest BCUT2D eigenvalue weighted by molar-refractivity contribution is -0.384. The van der Waals surface area contributed by atoms with E-state index < -0.39 is 10.8 Å². The summed E-state index contributed by atoms with van der Waals surface area (Å²) in [5, 5.41) is 13.6. The minimum Gasteiger partial charge on any atom is -0.339 e. The molecule has 0 unspecified atom stereocenters.